The monoisotopic (exact) mass is 347 g/mol. The second kappa shape index (κ2) is 7.39. The number of hydrogen-bond donors (Lipinski definition) is 1. The third-order valence-corrected chi connectivity index (χ3v) is 4.41. The van der Waals surface area contributed by atoms with E-state index >= 15 is 0 Å². The summed E-state index contributed by atoms with van der Waals surface area (Å²) in [5, 5.41) is 7.70. The number of aromatic nitrogens is 2. The number of carbonyl (C=O) groups excluding carboxylic acids is 1. The number of benzene rings is 1. The molecule has 0 saturated carbocycles. The average Bonchev–Trinajstić information content (AvgIpc) is 2.79. The number of rotatable bonds is 5. The topological polar surface area (TPSA) is 46.9 Å². The molecule has 1 aromatic heterocycles. The summed E-state index contributed by atoms with van der Waals surface area (Å²) in [6, 6.07) is 7.91. The Hall–Kier alpha value is -1.81. The van der Waals surface area contributed by atoms with E-state index in [1.54, 1.807) is 4.68 Å². The normalized spacial score (nSPS) is 11.6. The molecule has 5 heteroatoms. The average molecular weight is 348 g/mol. The number of nitrogens with one attached hydrogen (secondary N) is 1. The molecule has 1 aromatic carbocycles. The molecule has 2 aromatic rings. The predicted molar refractivity (Wildman–Crippen MR) is 100.0 cm³/mol. The maximum absolute atomic E-state index is 12.6. The molecule has 1 amide bonds. The van der Waals surface area contributed by atoms with Gasteiger partial charge in [-0.3, -0.25) is 9.48 Å². The minimum Gasteiger partial charge on any atom is -0.322 e. The molecule has 4 nitrogen and oxygen atoms in total. The Morgan fingerprint density at radius 1 is 1.25 bits per heavy atom. The van der Waals surface area contributed by atoms with Crippen molar-refractivity contribution in [2.24, 2.45) is 0 Å². The molecule has 0 saturated heterocycles. The Bertz CT molecular complexity index is 711. The molecule has 0 spiro atoms. The highest BCUT2D eigenvalue weighted by molar-refractivity contribution is 6.33. The highest BCUT2D eigenvalue weighted by Gasteiger charge is 2.20. The highest BCUT2D eigenvalue weighted by atomic mass is 35.5. The van der Waals surface area contributed by atoms with Gasteiger partial charge in [0.1, 0.15) is 5.15 Å². The van der Waals surface area contributed by atoms with Crippen molar-refractivity contribution < 1.29 is 4.79 Å². The van der Waals surface area contributed by atoms with Crippen molar-refractivity contribution in [3.05, 3.63) is 46.2 Å². The summed E-state index contributed by atoms with van der Waals surface area (Å²) in [5.41, 5.74) is 3.17. The quantitative estimate of drug-likeness (QED) is 0.808. The summed E-state index contributed by atoms with van der Waals surface area (Å²) in [5.74, 6) is -0.219. The van der Waals surface area contributed by atoms with Crippen LogP contribution in [0.1, 0.15) is 62.2 Å². The van der Waals surface area contributed by atoms with Crippen molar-refractivity contribution in [3.8, 4) is 0 Å². The number of anilines is 1. The van der Waals surface area contributed by atoms with Crippen LogP contribution in [0.2, 0.25) is 5.15 Å². The Balaban J connectivity index is 2.17. The van der Waals surface area contributed by atoms with Gasteiger partial charge in [-0.15, -0.1) is 0 Å². The Labute approximate surface area is 149 Å². The molecular formula is C19H26ClN3O. The summed E-state index contributed by atoms with van der Waals surface area (Å²) in [6.45, 7) is 11.1. The van der Waals surface area contributed by atoms with Crippen LogP contribution in [0.25, 0.3) is 0 Å². The molecule has 0 aliphatic heterocycles. The van der Waals surface area contributed by atoms with Crippen LogP contribution < -0.4 is 5.32 Å². The van der Waals surface area contributed by atoms with Crippen LogP contribution in [-0.4, -0.2) is 15.7 Å². The van der Waals surface area contributed by atoms with E-state index in [4.69, 9.17) is 11.6 Å². The second-order valence-corrected chi connectivity index (χ2v) is 7.47. The molecule has 0 unspecified atom stereocenters. The predicted octanol–water partition coefficient (Wildman–Crippen LogP) is 5.19. The van der Waals surface area contributed by atoms with E-state index in [0.717, 1.165) is 25.1 Å². The highest BCUT2D eigenvalue weighted by Crippen LogP contribution is 2.25. The first-order valence-corrected chi connectivity index (χ1v) is 8.76. The molecule has 0 atom stereocenters. The molecule has 1 N–H and O–H groups in total. The molecule has 0 fully saturated rings. The smallest absolute Gasteiger partial charge is 0.260 e. The Kier molecular flexibility index (Phi) is 5.70. The third kappa shape index (κ3) is 4.18. The van der Waals surface area contributed by atoms with Gasteiger partial charge in [-0.1, -0.05) is 57.8 Å². The first-order valence-electron chi connectivity index (χ1n) is 8.39. The molecule has 130 valence electrons. The number of halogens is 1. The van der Waals surface area contributed by atoms with Gasteiger partial charge in [0.25, 0.3) is 5.91 Å². The van der Waals surface area contributed by atoms with Crippen LogP contribution in [0.15, 0.2) is 24.3 Å². The third-order valence-electron chi connectivity index (χ3n) is 4.02. The minimum absolute atomic E-state index is 0.0862. The Morgan fingerprint density at radius 2 is 1.88 bits per heavy atom. The first-order chi connectivity index (χ1) is 11.2. The van der Waals surface area contributed by atoms with Crippen molar-refractivity contribution in [2.45, 2.75) is 59.4 Å². The van der Waals surface area contributed by atoms with Gasteiger partial charge in [-0.25, -0.2) is 0 Å². The van der Waals surface area contributed by atoms with Crippen LogP contribution in [0.4, 0.5) is 5.69 Å². The summed E-state index contributed by atoms with van der Waals surface area (Å²) < 4.78 is 1.71. The number of amides is 1. The largest absolute Gasteiger partial charge is 0.322 e. The number of hydrogen-bond acceptors (Lipinski definition) is 2. The van der Waals surface area contributed by atoms with Gasteiger partial charge >= 0.3 is 0 Å². The molecule has 0 bridgehead atoms. The summed E-state index contributed by atoms with van der Waals surface area (Å²) >= 11 is 6.35. The molecule has 0 aliphatic carbocycles. The minimum atomic E-state index is -0.219. The zero-order chi connectivity index (χ0) is 17.9. The standard InChI is InChI=1S/C19H26ClN3O/c1-6-7-12-23-17(20)16(13(2)22-23)18(24)21-15-10-8-14(9-11-15)19(3,4)5/h8-11H,6-7,12H2,1-5H3,(H,21,24). The van der Waals surface area contributed by atoms with E-state index in [1.807, 2.05) is 31.2 Å². The lowest BCUT2D eigenvalue weighted by Gasteiger charge is -2.19. The van der Waals surface area contributed by atoms with Gasteiger partial charge < -0.3 is 5.32 Å². The number of carbonyl (C=O) groups is 1. The summed E-state index contributed by atoms with van der Waals surface area (Å²) in [4.78, 5) is 12.6. The number of nitrogens with zero attached hydrogens (tertiary/aromatic N) is 2. The first kappa shape index (κ1) is 18.5. The van der Waals surface area contributed by atoms with Crippen LogP contribution in [-0.2, 0) is 12.0 Å². The Morgan fingerprint density at radius 3 is 2.42 bits per heavy atom. The fraction of sp³-hybridized carbons (Fsp3) is 0.474. The van der Waals surface area contributed by atoms with Crippen LogP contribution >= 0.6 is 11.6 Å². The van der Waals surface area contributed by atoms with Crippen molar-refractivity contribution >= 4 is 23.2 Å². The van der Waals surface area contributed by atoms with E-state index in [0.29, 0.717) is 16.4 Å². The van der Waals surface area contributed by atoms with E-state index in [-0.39, 0.29) is 11.3 Å². The second-order valence-electron chi connectivity index (χ2n) is 7.11. The number of aryl methyl sites for hydroxylation is 2. The van der Waals surface area contributed by atoms with E-state index in [2.05, 4.69) is 38.1 Å². The van der Waals surface area contributed by atoms with Gasteiger partial charge in [-0.2, -0.15) is 5.10 Å². The number of unbranched alkanes of at least 4 members (excludes halogenated alkanes) is 1. The molecular weight excluding hydrogens is 322 g/mol. The lowest BCUT2D eigenvalue weighted by Crippen LogP contribution is -2.14. The lowest BCUT2D eigenvalue weighted by molar-refractivity contribution is 0.102. The molecule has 0 aliphatic rings. The molecule has 0 radical (unpaired) electrons. The molecule has 24 heavy (non-hydrogen) atoms. The van der Waals surface area contributed by atoms with Crippen molar-refractivity contribution in [2.75, 3.05) is 5.32 Å². The fourth-order valence-corrected chi connectivity index (χ4v) is 2.86. The maximum atomic E-state index is 12.6. The van der Waals surface area contributed by atoms with Crippen molar-refractivity contribution in [3.63, 3.8) is 0 Å². The van der Waals surface area contributed by atoms with Crippen molar-refractivity contribution in [1.82, 2.24) is 9.78 Å². The van der Waals surface area contributed by atoms with Crippen molar-refractivity contribution in [1.29, 1.82) is 0 Å². The van der Waals surface area contributed by atoms with Crippen LogP contribution in [0, 0.1) is 6.92 Å². The maximum Gasteiger partial charge on any atom is 0.260 e. The van der Waals surface area contributed by atoms with Crippen LogP contribution in [0.5, 0.6) is 0 Å². The SMILES string of the molecule is CCCCn1nc(C)c(C(=O)Nc2ccc(C(C)(C)C)cc2)c1Cl. The van der Waals surface area contributed by atoms with Gasteiger partial charge in [-0.05, 0) is 36.5 Å². The zero-order valence-corrected chi connectivity index (χ0v) is 15.9. The van der Waals surface area contributed by atoms with E-state index < -0.39 is 0 Å². The zero-order valence-electron chi connectivity index (χ0n) is 15.1. The van der Waals surface area contributed by atoms with Gasteiger partial charge in [0.2, 0.25) is 0 Å². The summed E-state index contributed by atoms with van der Waals surface area (Å²) in [7, 11) is 0. The van der Waals surface area contributed by atoms with E-state index in [9.17, 15) is 4.79 Å². The van der Waals surface area contributed by atoms with Crippen LogP contribution in [0.3, 0.4) is 0 Å². The molecule has 1 heterocycles. The fourth-order valence-electron chi connectivity index (χ4n) is 2.51. The lowest BCUT2D eigenvalue weighted by atomic mass is 9.87. The van der Waals surface area contributed by atoms with Gasteiger partial charge in [0.05, 0.1) is 11.3 Å². The van der Waals surface area contributed by atoms with Gasteiger partial charge in [0, 0.05) is 12.2 Å². The van der Waals surface area contributed by atoms with Gasteiger partial charge in [0.15, 0.2) is 0 Å². The molecule has 2 rings (SSSR count). The summed E-state index contributed by atoms with van der Waals surface area (Å²) in [6.07, 6.45) is 2.03. The van der Waals surface area contributed by atoms with E-state index in [1.165, 1.54) is 5.56 Å².